The topological polar surface area (TPSA) is 103 Å². The summed E-state index contributed by atoms with van der Waals surface area (Å²) in [5, 5.41) is 8.86. The third kappa shape index (κ3) is 3.16. The standard InChI is InChI=1S/C9H11F3N4O4S2/c10-9(11,12)22(19,20)16-3-1-15(2-4-16)8-13-5-6(21-8)7(17)14-18/h5,18H,1-4H2,(H,14,17). The summed E-state index contributed by atoms with van der Waals surface area (Å²) in [4.78, 5) is 16.8. The van der Waals surface area contributed by atoms with Gasteiger partial charge in [0.1, 0.15) is 4.88 Å². The first-order valence-corrected chi connectivity index (χ1v) is 8.14. The fraction of sp³-hybridized carbons (Fsp3) is 0.556. The Balaban J connectivity index is 2.04. The molecule has 8 nitrogen and oxygen atoms in total. The van der Waals surface area contributed by atoms with Gasteiger partial charge < -0.3 is 4.90 Å². The Kier molecular flexibility index (Phi) is 4.60. The predicted octanol–water partition coefficient (Wildman–Crippen LogP) is 0.234. The maximum Gasteiger partial charge on any atom is 0.511 e. The van der Waals surface area contributed by atoms with Gasteiger partial charge in [0.15, 0.2) is 5.13 Å². The van der Waals surface area contributed by atoms with Crippen molar-refractivity contribution in [2.75, 3.05) is 31.1 Å². The molecular formula is C9H11F3N4O4S2. The molecule has 0 saturated carbocycles. The molecule has 2 N–H and O–H groups in total. The number of hydrogen-bond donors (Lipinski definition) is 2. The highest BCUT2D eigenvalue weighted by molar-refractivity contribution is 7.90. The highest BCUT2D eigenvalue weighted by Gasteiger charge is 2.50. The molecule has 0 spiro atoms. The summed E-state index contributed by atoms with van der Waals surface area (Å²) in [6, 6.07) is 0. The number of hydrogen-bond acceptors (Lipinski definition) is 7. The zero-order chi connectivity index (χ0) is 16.5. The Morgan fingerprint density at radius 2 is 1.91 bits per heavy atom. The Bertz CT molecular complexity index is 652. The molecule has 1 aromatic heterocycles. The number of anilines is 1. The summed E-state index contributed by atoms with van der Waals surface area (Å²) >= 11 is 0.939. The zero-order valence-corrected chi connectivity index (χ0v) is 12.5. The van der Waals surface area contributed by atoms with Crippen molar-refractivity contribution in [1.29, 1.82) is 0 Å². The van der Waals surface area contributed by atoms with Crippen LogP contribution in [0.15, 0.2) is 6.20 Å². The van der Waals surface area contributed by atoms with Gasteiger partial charge in [0.05, 0.1) is 6.20 Å². The van der Waals surface area contributed by atoms with E-state index in [0.717, 1.165) is 11.3 Å². The van der Waals surface area contributed by atoms with E-state index < -0.39 is 21.4 Å². The van der Waals surface area contributed by atoms with Crippen LogP contribution in [0.2, 0.25) is 0 Å². The van der Waals surface area contributed by atoms with Crippen LogP contribution in [-0.4, -0.2) is 60.5 Å². The molecule has 1 aromatic rings. The molecule has 1 aliphatic heterocycles. The number of nitrogens with zero attached hydrogens (tertiary/aromatic N) is 3. The van der Waals surface area contributed by atoms with E-state index in [9.17, 15) is 26.4 Å². The Hall–Kier alpha value is -1.44. The molecular weight excluding hydrogens is 349 g/mol. The van der Waals surface area contributed by atoms with Crippen LogP contribution in [0.3, 0.4) is 0 Å². The van der Waals surface area contributed by atoms with E-state index in [1.807, 2.05) is 0 Å². The Labute approximate surface area is 127 Å². The quantitative estimate of drug-likeness (QED) is 0.591. The number of nitrogens with one attached hydrogen (secondary N) is 1. The highest BCUT2D eigenvalue weighted by atomic mass is 32.2. The molecule has 0 bridgehead atoms. The molecule has 1 amide bonds. The number of amides is 1. The van der Waals surface area contributed by atoms with Gasteiger partial charge in [-0.2, -0.15) is 17.5 Å². The lowest BCUT2D eigenvalue weighted by Gasteiger charge is -2.33. The number of rotatable bonds is 3. The number of carbonyl (C=O) groups excluding carboxylic acids is 1. The highest BCUT2D eigenvalue weighted by Crippen LogP contribution is 2.29. The van der Waals surface area contributed by atoms with E-state index in [1.54, 1.807) is 4.90 Å². The van der Waals surface area contributed by atoms with Crippen molar-refractivity contribution in [3.05, 3.63) is 11.1 Å². The number of thiazole rings is 1. The number of piperazine rings is 1. The maximum absolute atomic E-state index is 12.4. The number of alkyl halides is 3. The molecule has 0 atom stereocenters. The molecule has 2 heterocycles. The summed E-state index contributed by atoms with van der Waals surface area (Å²) in [6.07, 6.45) is 1.21. The van der Waals surface area contributed by atoms with Crippen molar-refractivity contribution in [1.82, 2.24) is 14.8 Å². The van der Waals surface area contributed by atoms with Crippen molar-refractivity contribution in [2.45, 2.75) is 5.51 Å². The average Bonchev–Trinajstić information content (AvgIpc) is 2.95. The Morgan fingerprint density at radius 3 is 2.41 bits per heavy atom. The lowest BCUT2D eigenvalue weighted by Crippen LogP contribution is -2.52. The monoisotopic (exact) mass is 360 g/mol. The van der Waals surface area contributed by atoms with E-state index in [4.69, 9.17) is 5.21 Å². The molecule has 0 radical (unpaired) electrons. The van der Waals surface area contributed by atoms with Crippen molar-refractivity contribution in [3.8, 4) is 0 Å². The minimum Gasteiger partial charge on any atom is -0.345 e. The van der Waals surface area contributed by atoms with E-state index in [-0.39, 0.29) is 31.1 Å². The molecule has 1 fully saturated rings. The van der Waals surface area contributed by atoms with Gasteiger partial charge >= 0.3 is 15.5 Å². The SMILES string of the molecule is O=C(NO)c1cnc(N2CCN(S(=O)(=O)C(F)(F)F)CC2)s1. The largest absolute Gasteiger partial charge is 0.511 e. The van der Waals surface area contributed by atoms with E-state index in [2.05, 4.69) is 4.98 Å². The van der Waals surface area contributed by atoms with Gasteiger partial charge in [-0.1, -0.05) is 11.3 Å². The van der Waals surface area contributed by atoms with Crippen molar-refractivity contribution >= 4 is 32.4 Å². The van der Waals surface area contributed by atoms with Gasteiger partial charge in [-0.25, -0.2) is 18.9 Å². The summed E-state index contributed by atoms with van der Waals surface area (Å²) < 4.78 is 60.3. The molecule has 0 aliphatic carbocycles. The number of hydroxylamine groups is 1. The Morgan fingerprint density at radius 1 is 1.32 bits per heavy atom. The fourth-order valence-electron chi connectivity index (χ4n) is 1.84. The lowest BCUT2D eigenvalue weighted by molar-refractivity contribution is -0.0490. The second-order valence-corrected chi connectivity index (χ2v) is 7.22. The van der Waals surface area contributed by atoms with Gasteiger partial charge in [0.25, 0.3) is 5.91 Å². The summed E-state index contributed by atoms with van der Waals surface area (Å²) in [6.45, 7) is -0.627. The second-order valence-electron chi connectivity index (χ2n) is 4.28. The van der Waals surface area contributed by atoms with Crippen LogP contribution in [-0.2, 0) is 10.0 Å². The van der Waals surface area contributed by atoms with Crippen LogP contribution >= 0.6 is 11.3 Å². The molecule has 22 heavy (non-hydrogen) atoms. The molecule has 124 valence electrons. The number of sulfonamides is 1. The van der Waals surface area contributed by atoms with Crippen LogP contribution < -0.4 is 10.4 Å². The van der Waals surface area contributed by atoms with Gasteiger partial charge in [-0.05, 0) is 0 Å². The first-order chi connectivity index (χ1) is 10.2. The molecule has 13 heteroatoms. The maximum atomic E-state index is 12.4. The molecule has 2 rings (SSSR count). The number of aromatic nitrogens is 1. The third-order valence-electron chi connectivity index (χ3n) is 2.96. The lowest BCUT2D eigenvalue weighted by atomic mass is 10.4. The fourth-order valence-corrected chi connectivity index (χ4v) is 3.63. The number of carbonyl (C=O) groups is 1. The second kappa shape index (κ2) is 5.98. The van der Waals surface area contributed by atoms with Crippen molar-refractivity contribution < 1.29 is 31.6 Å². The summed E-state index contributed by atoms with van der Waals surface area (Å²) in [5.41, 5.74) is -3.88. The normalized spacial score (nSPS) is 17.5. The molecule has 0 aromatic carbocycles. The minimum absolute atomic E-state index is 0.0169. The van der Waals surface area contributed by atoms with E-state index >= 15 is 0 Å². The molecule has 1 aliphatic rings. The smallest absolute Gasteiger partial charge is 0.345 e. The average molecular weight is 360 g/mol. The zero-order valence-electron chi connectivity index (χ0n) is 10.9. The first kappa shape index (κ1) is 16.9. The van der Waals surface area contributed by atoms with Crippen LogP contribution in [0.1, 0.15) is 9.67 Å². The first-order valence-electron chi connectivity index (χ1n) is 5.88. The summed E-state index contributed by atoms with van der Waals surface area (Å²) in [7, 11) is -5.32. The molecule has 1 saturated heterocycles. The van der Waals surface area contributed by atoms with E-state index in [1.165, 1.54) is 11.7 Å². The summed E-state index contributed by atoms with van der Waals surface area (Å²) in [5.74, 6) is -0.748. The van der Waals surface area contributed by atoms with E-state index in [0.29, 0.717) is 9.44 Å². The van der Waals surface area contributed by atoms with Crippen LogP contribution in [0.25, 0.3) is 0 Å². The van der Waals surface area contributed by atoms with Gasteiger partial charge in [-0.3, -0.25) is 10.0 Å². The van der Waals surface area contributed by atoms with Crippen LogP contribution in [0.4, 0.5) is 18.3 Å². The predicted molar refractivity (Wildman–Crippen MR) is 70.1 cm³/mol. The van der Waals surface area contributed by atoms with Crippen molar-refractivity contribution in [3.63, 3.8) is 0 Å². The molecule has 0 unspecified atom stereocenters. The number of halogens is 3. The van der Waals surface area contributed by atoms with Gasteiger partial charge in [-0.15, -0.1) is 0 Å². The van der Waals surface area contributed by atoms with Gasteiger partial charge in [0.2, 0.25) is 0 Å². The van der Waals surface area contributed by atoms with Crippen molar-refractivity contribution in [2.24, 2.45) is 0 Å². The van der Waals surface area contributed by atoms with Gasteiger partial charge in [0, 0.05) is 26.2 Å². The third-order valence-corrected chi connectivity index (χ3v) is 5.65. The minimum atomic E-state index is -5.32. The van der Waals surface area contributed by atoms with Crippen LogP contribution in [0, 0.1) is 0 Å². The van der Waals surface area contributed by atoms with Crippen LogP contribution in [0.5, 0.6) is 0 Å².